The first kappa shape index (κ1) is 19.4. The Morgan fingerprint density at radius 1 is 1.14 bits per heavy atom. The summed E-state index contributed by atoms with van der Waals surface area (Å²) in [5.74, 6) is 0.516. The number of fused-ring (bicyclic) bond motifs is 1. The molecule has 0 fully saturated rings. The second-order valence-electron chi connectivity index (χ2n) is 6.61. The lowest BCUT2D eigenvalue weighted by Gasteiger charge is -2.11. The van der Waals surface area contributed by atoms with Crippen LogP contribution in [0.3, 0.4) is 0 Å². The number of H-pyrrole nitrogens is 1. The molecule has 0 saturated heterocycles. The summed E-state index contributed by atoms with van der Waals surface area (Å²) >= 11 is 0. The zero-order valence-corrected chi connectivity index (χ0v) is 16.2. The van der Waals surface area contributed by atoms with Gasteiger partial charge in [-0.2, -0.15) is 0 Å². The lowest BCUT2D eigenvalue weighted by Crippen LogP contribution is -2.36. The number of carbonyl (C=O) groups is 1. The van der Waals surface area contributed by atoms with Crippen LogP contribution in [0.15, 0.2) is 46.0 Å². The molecule has 0 aliphatic heterocycles. The average Bonchev–Trinajstić information content (AvgIpc) is 2.67. The van der Waals surface area contributed by atoms with Gasteiger partial charge in [0.1, 0.15) is 12.4 Å². The third-order valence-corrected chi connectivity index (χ3v) is 4.53. The van der Waals surface area contributed by atoms with Crippen LogP contribution in [0.5, 0.6) is 5.75 Å². The van der Waals surface area contributed by atoms with Crippen LogP contribution in [-0.2, 0) is 6.54 Å². The molecule has 7 nitrogen and oxygen atoms in total. The van der Waals surface area contributed by atoms with Crippen molar-refractivity contribution in [3.8, 4) is 5.75 Å². The number of benzene rings is 2. The van der Waals surface area contributed by atoms with E-state index in [0.717, 1.165) is 11.3 Å². The molecule has 7 heteroatoms. The van der Waals surface area contributed by atoms with E-state index in [0.29, 0.717) is 36.3 Å². The smallest absolute Gasteiger partial charge is 0.316 e. The van der Waals surface area contributed by atoms with Crippen LogP contribution in [0.4, 0.5) is 0 Å². The van der Waals surface area contributed by atoms with Crippen molar-refractivity contribution in [3.63, 3.8) is 0 Å². The van der Waals surface area contributed by atoms with Crippen LogP contribution in [0.1, 0.15) is 28.4 Å². The third kappa shape index (κ3) is 3.98. The number of hydrogen-bond donors (Lipinski definition) is 2. The molecule has 1 aromatic heterocycles. The number of aromatic nitrogens is 2. The second kappa shape index (κ2) is 8.12. The van der Waals surface area contributed by atoms with Gasteiger partial charge in [0.25, 0.3) is 5.91 Å². The van der Waals surface area contributed by atoms with Gasteiger partial charge in [-0.1, -0.05) is 17.7 Å². The van der Waals surface area contributed by atoms with Crippen LogP contribution in [0.25, 0.3) is 11.0 Å². The zero-order valence-electron chi connectivity index (χ0n) is 16.2. The molecule has 0 radical (unpaired) electrons. The largest absolute Gasteiger partial charge is 0.491 e. The number of rotatable bonds is 6. The van der Waals surface area contributed by atoms with Crippen LogP contribution in [0, 0.1) is 13.8 Å². The topological polar surface area (TPSA) is 93.2 Å². The summed E-state index contributed by atoms with van der Waals surface area (Å²) in [4.78, 5) is 38.6. The molecular weight excluding hydrogens is 358 g/mol. The fraction of sp³-hybridized carbons (Fsp3) is 0.286. The molecule has 28 heavy (non-hydrogen) atoms. The highest BCUT2D eigenvalue weighted by Crippen LogP contribution is 2.18. The van der Waals surface area contributed by atoms with Crippen LogP contribution in [0.2, 0.25) is 0 Å². The Hall–Kier alpha value is -3.35. The van der Waals surface area contributed by atoms with E-state index in [9.17, 15) is 14.4 Å². The lowest BCUT2D eigenvalue weighted by molar-refractivity contribution is 0.0947. The van der Waals surface area contributed by atoms with E-state index in [4.69, 9.17) is 4.74 Å². The number of hydrogen-bond acceptors (Lipinski definition) is 4. The molecule has 0 saturated carbocycles. The maximum absolute atomic E-state index is 12.4. The first-order valence-electron chi connectivity index (χ1n) is 9.16. The Kier molecular flexibility index (Phi) is 5.63. The highest BCUT2D eigenvalue weighted by atomic mass is 16.5. The molecule has 0 bridgehead atoms. The molecule has 146 valence electrons. The highest BCUT2D eigenvalue weighted by molar-refractivity contribution is 5.97. The SMILES string of the molecule is CCn1c(=O)c(=O)[nH]c2cc(C(=O)NCCOc3ccc(C)cc3C)ccc21. The van der Waals surface area contributed by atoms with Crippen molar-refractivity contribution in [2.75, 3.05) is 13.2 Å². The van der Waals surface area contributed by atoms with Gasteiger partial charge in [-0.3, -0.25) is 14.4 Å². The van der Waals surface area contributed by atoms with Gasteiger partial charge in [0.15, 0.2) is 0 Å². The quantitative estimate of drug-likeness (QED) is 0.505. The Morgan fingerprint density at radius 2 is 1.93 bits per heavy atom. The van der Waals surface area contributed by atoms with Crippen molar-refractivity contribution >= 4 is 16.9 Å². The van der Waals surface area contributed by atoms with Gasteiger partial charge >= 0.3 is 11.1 Å². The highest BCUT2D eigenvalue weighted by Gasteiger charge is 2.10. The van der Waals surface area contributed by atoms with Gasteiger partial charge in [-0.25, -0.2) is 0 Å². The maximum Gasteiger partial charge on any atom is 0.316 e. The fourth-order valence-electron chi connectivity index (χ4n) is 3.12. The van der Waals surface area contributed by atoms with Crippen LogP contribution < -0.4 is 21.2 Å². The first-order chi connectivity index (χ1) is 13.4. The molecule has 0 unspecified atom stereocenters. The van der Waals surface area contributed by atoms with Gasteiger partial charge in [0.05, 0.1) is 17.6 Å². The molecule has 3 rings (SSSR count). The van der Waals surface area contributed by atoms with Crippen molar-refractivity contribution in [1.29, 1.82) is 0 Å². The summed E-state index contributed by atoms with van der Waals surface area (Å²) in [7, 11) is 0. The summed E-state index contributed by atoms with van der Waals surface area (Å²) in [6.45, 7) is 6.85. The molecule has 1 heterocycles. The Morgan fingerprint density at radius 3 is 2.64 bits per heavy atom. The summed E-state index contributed by atoms with van der Waals surface area (Å²) in [5.41, 5.74) is 2.35. The predicted octanol–water partition coefficient (Wildman–Crippen LogP) is 2.14. The van der Waals surface area contributed by atoms with Gasteiger partial charge in [0, 0.05) is 12.1 Å². The third-order valence-electron chi connectivity index (χ3n) is 4.53. The van der Waals surface area contributed by atoms with E-state index >= 15 is 0 Å². The Bertz CT molecular complexity index is 1140. The monoisotopic (exact) mass is 381 g/mol. The molecular formula is C21H23N3O4. The molecule has 1 amide bonds. The van der Waals surface area contributed by atoms with Crippen molar-refractivity contribution in [3.05, 3.63) is 73.8 Å². The molecule has 0 aliphatic rings. The number of aromatic amines is 1. The van der Waals surface area contributed by atoms with E-state index in [2.05, 4.69) is 10.3 Å². The molecule has 0 spiro atoms. The van der Waals surface area contributed by atoms with Crippen molar-refractivity contribution in [1.82, 2.24) is 14.9 Å². The molecule has 0 atom stereocenters. The number of carbonyl (C=O) groups excluding carboxylic acids is 1. The van der Waals surface area contributed by atoms with Gasteiger partial charge in [-0.15, -0.1) is 0 Å². The van der Waals surface area contributed by atoms with Gasteiger partial charge in [0.2, 0.25) is 0 Å². The fourth-order valence-corrected chi connectivity index (χ4v) is 3.12. The zero-order chi connectivity index (χ0) is 20.3. The summed E-state index contributed by atoms with van der Waals surface area (Å²) < 4.78 is 7.09. The standard InChI is InChI=1S/C21H23N3O4/c1-4-24-17-7-6-15(12-16(17)23-20(26)21(24)27)19(25)22-9-10-28-18-8-5-13(2)11-14(18)3/h5-8,11-12H,4,9-10H2,1-3H3,(H,22,25)(H,23,26). The molecule has 2 N–H and O–H groups in total. The minimum Gasteiger partial charge on any atom is -0.491 e. The Balaban J connectivity index is 1.67. The summed E-state index contributed by atoms with van der Waals surface area (Å²) in [6.07, 6.45) is 0. The normalized spacial score (nSPS) is 10.8. The molecule has 3 aromatic rings. The summed E-state index contributed by atoms with van der Waals surface area (Å²) in [5, 5.41) is 2.79. The van der Waals surface area contributed by atoms with Crippen molar-refractivity contribution in [2.45, 2.75) is 27.3 Å². The van der Waals surface area contributed by atoms with E-state index in [1.54, 1.807) is 25.1 Å². The van der Waals surface area contributed by atoms with E-state index in [1.165, 1.54) is 10.1 Å². The average molecular weight is 381 g/mol. The number of nitrogens with zero attached hydrogens (tertiary/aromatic N) is 1. The van der Waals surface area contributed by atoms with Crippen molar-refractivity contribution in [2.24, 2.45) is 0 Å². The van der Waals surface area contributed by atoms with Crippen LogP contribution >= 0.6 is 0 Å². The number of aryl methyl sites for hydroxylation is 3. The predicted molar refractivity (Wildman–Crippen MR) is 108 cm³/mol. The number of ether oxygens (including phenoxy) is 1. The maximum atomic E-state index is 12.4. The lowest BCUT2D eigenvalue weighted by atomic mass is 10.1. The molecule has 0 aliphatic carbocycles. The van der Waals surface area contributed by atoms with Gasteiger partial charge < -0.3 is 19.6 Å². The minimum absolute atomic E-state index is 0.277. The summed E-state index contributed by atoms with van der Waals surface area (Å²) in [6, 6.07) is 10.8. The first-order valence-corrected chi connectivity index (χ1v) is 9.16. The van der Waals surface area contributed by atoms with E-state index in [1.807, 2.05) is 32.0 Å². The number of nitrogens with one attached hydrogen (secondary N) is 2. The van der Waals surface area contributed by atoms with E-state index < -0.39 is 11.1 Å². The van der Waals surface area contributed by atoms with Crippen molar-refractivity contribution < 1.29 is 9.53 Å². The van der Waals surface area contributed by atoms with E-state index in [-0.39, 0.29) is 5.91 Å². The second-order valence-corrected chi connectivity index (χ2v) is 6.61. The van der Waals surface area contributed by atoms with Crippen LogP contribution in [-0.4, -0.2) is 28.6 Å². The number of amides is 1. The molecule has 2 aromatic carbocycles. The van der Waals surface area contributed by atoms with Gasteiger partial charge in [-0.05, 0) is 50.6 Å². The Labute approximate surface area is 162 Å². The minimum atomic E-state index is -0.700.